The van der Waals surface area contributed by atoms with Crippen LogP contribution in [-0.4, -0.2) is 28.5 Å². The molecule has 1 aliphatic rings. The van der Waals surface area contributed by atoms with Crippen molar-refractivity contribution < 1.29 is 19.7 Å². The molecule has 0 unspecified atom stereocenters. The van der Waals surface area contributed by atoms with Gasteiger partial charge in [-0.15, -0.1) is 0 Å². The first-order valence-corrected chi connectivity index (χ1v) is 6.20. The van der Waals surface area contributed by atoms with Crippen molar-refractivity contribution in [3.63, 3.8) is 0 Å². The molecule has 2 N–H and O–H groups in total. The van der Waals surface area contributed by atoms with E-state index in [1.165, 1.54) is 6.07 Å². The lowest BCUT2D eigenvalue weighted by molar-refractivity contribution is -0.138. The number of hydrogen-bond donors (Lipinski definition) is 2. The second-order valence-electron chi connectivity index (χ2n) is 4.27. The van der Waals surface area contributed by atoms with Gasteiger partial charge in [-0.1, -0.05) is 12.1 Å². The summed E-state index contributed by atoms with van der Waals surface area (Å²) in [5, 5.41) is 19.5. The summed E-state index contributed by atoms with van der Waals surface area (Å²) in [5.74, 6) is -0.679. The summed E-state index contributed by atoms with van der Waals surface area (Å²) < 4.78 is 4.88. The Balaban J connectivity index is 2.38. The number of esters is 1. The Bertz CT molecular complexity index is 641. The molecule has 0 spiro atoms. The highest BCUT2D eigenvalue weighted by Crippen LogP contribution is 2.26. The molecule has 0 fully saturated rings. The minimum atomic E-state index is -0.592. The van der Waals surface area contributed by atoms with E-state index in [9.17, 15) is 15.0 Å². The Labute approximate surface area is 116 Å². The van der Waals surface area contributed by atoms with Crippen LogP contribution in [0.3, 0.4) is 0 Å². The second-order valence-corrected chi connectivity index (χ2v) is 4.27. The van der Waals surface area contributed by atoms with Crippen LogP contribution in [0.15, 0.2) is 46.3 Å². The van der Waals surface area contributed by atoms with Crippen molar-refractivity contribution in [3.8, 4) is 5.75 Å². The molecular formula is C15H15NO4. The van der Waals surface area contributed by atoms with Crippen molar-refractivity contribution in [2.75, 3.05) is 6.61 Å². The van der Waals surface area contributed by atoms with E-state index < -0.39 is 5.97 Å². The standard InChI is InChI=1S/C15H15NO4/c1-3-20-15(19)13-9(2)16-12(14(13)18)8-10-5-4-6-11(17)7-10/h4-8,17-18H,3H2,1-2H3/b12-8-. The van der Waals surface area contributed by atoms with E-state index in [0.29, 0.717) is 11.3 Å². The van der Waals surface area contributed by atoms with Gasteiger partial charge in [-0.05, 0) is 37.6 Å². The summed E-state index contributed by atoms with van der Waals surface area (Å²) in [5.41, 5.74) is 1.44. The molecule has 0 atom stereocenters. The fourth-order valence-electron chi connectivity index (χ4n) is 1.91. The molecule has 1 heterocycles. The van der Waals surface area contributed by atoms with Gasteiger partial charge in [-0.25, -0.2) is 9.79 Å². The van der Waals surface area contributed by atoms with Crippen molar-refractivity contribution in [2.45, 2.75) is 13.8 Å². The molecule has 5 heteroatoms. The maximum Gasteiger partial charge on any atom is 0.343 e. The highest BCUT2D eigenvalue weighted by atomic mass is 16.5. The topological polar surface area (TPSA) is 79.1 Å². The first-order valence-electron chi connectivity index (χ1n) is 6.20. The fraction of sp³-hybridized carbons (Fsp3) is 0.200. The van der Waals surface area contributed by atoms with Gasteiger partial charge in [0.05, 0.1) is 12.3 Å². The number of benzene rings is 1. The molecule has 1 aromatic rings. The van der Waals surface area contributed by atoms with Gasteiger partial charge in [0.15, 0.2) is 5.76 Å². The lowest BCUT2D eigenvalue weighted by Gasteiger charge is -2.02. The summed E-state index contributed by atoms with van der Waals surface area (Å²) in [6.45, 7) is 3.56. The zero-order valence-corrected chi connectivity index (χ0v) is 11.3. The number of carbonyl (C=O) groups is 1. The highest BCUT2D eigenvalue weighted by Gasteiger charge is 2.27. The third-order valence-electron chi connectivity index (χ3n) is 2.78. The smallest absolute Gasteiger partial charge is 0.343 e. The fourth-order valence-corrected chi connectivity index (χ4v) is 1.91. The minimum Gasteiger partial charge on any atom is -0.508 e. The van der Waals surface area contributed by atoms with Gasteiger partial charge in [-0.2, -0.15) is 0 Å². The molecule has 0 radical (unpaired) electrons. The monoisotopic (exact) mass is 273 g/mol. The molecule has 0 amide bonds. The molecule has 0 saturated carbocycles. The van der Waals surface area contributed by atoms with Gasteiger partial charge in [0, 0.05) is 0 Å². The lowest BCUT2D eigenvalue weighted by Crippen LogP contribution is -2.13. The number of aliphatic hydroxyl groups excluding tert-OH is 1. The number of aromatic hydroxyl groups is 1. The van der Waals surface area contributed by atoms with Crippen LogP contribution in [-0.2, 0) is 9.53 Å². The summed E-state index contributed by atoms with van der Waals surface area (Å²) in [6.07, 6.45) is 1.59. The maximum atomic E-state index is 11.7. The number of phenolic OH excluding ortho intramolecular Hbond substituents is 1. The second kappa shape index (κ2) is 5.61. The summed E-state index contributed by atoms with van der Waals surface area (Å²) in [7, 11) is 0. The van der Waals surface area contributed by atoms with Crippen molar-refractivity contribution in [1.82, 2.24) is 0 Å². The average molecular weight is 273 g/mol. The average Bonchev–Trinajstić information content (AvgIpc) is 2.65. The largest absolute Gasteiger partial charge is 0.508 e. The van der Waals surface area contributed by atoms with Crippen LogP contribution in [0.1, 0.15) is 19.4 Å². The molecule has 1 aliphatic heterocycles. The normalized spacial score (nSPS) is 16.5. The number of rotatable bonds is 3. The first-order chi connectivity index (χ1) is 9.52. The first kappa shape index (κ1) is 13.9. The van der Waals surface area contributed by atoms with E-state index in [4.69, 9.17) is 4.74 Å². The molecular weight excluding hydrogens is 258 g/mol. The molecule has 5 nitrogen and oxygen atoms in total. The Morgan fingerprint density at radius 1 is 1.40 bits per heavy atom. The van der Waals surface area contributed by atoms with Crippen molar-refractivity contribution >= 4 is 17.8 Å². The lowest BCUT2D eigenvalue weighted by atomic mass is 10.1. The number of carbonyl (C=O) groups excluding carboxylic acids is 1. The summed E-state index contributed by atoms with van der Waals surface area (Å²) in [6, 6.07) is 6.52. The zero-order valence-electron chi connectivity index (χ0n) is 11.3. The molecule has 0 saturated heterocycles. The Morgan fingerprint density at radius 3 is 2.80 bits per heavy atom. The number of aliphatic imine (C=N–C) groups is 1. The van der Waals surface area contributed by atoms with Crippen LogP contribution in [0.2, 0.25) is 0 Å². The van der Waals surface area contributed by atoms with Crippen molar-refractivity contribution in [1.29, 1.82) is 0 Å². The Morgan fingerprint density at radius 2 is 2.15 bits per heavy atom. The predicted octanol–water partition coefficient (Wildman–Crippen LogP) is 2.58. The van der Waals surface area contributed by atoms with Crippen LogP contribution < -0.4 is 0 Å². The van der Waals surface area contributed by atoms with E-state index in [0.717, 1.165) is 0 Å². The van der Waals surface area contributed by atoms with E-state index in [2.05, 4.69) is 4.99 Å². The number of aliphatic hydroxyl groups is 1. The Hall–Kier alpha value is -2.56. The number of nitrogens with zero attached hydrogens (tertiary/aromatic N) is 1. The molecule has 0 aliphatic carbocycles. The van der Waals surface area contributed by atoms with Gasteiger partial charge >= 0.3 is 5.97 Å². The third-order valence-corrected chi connectivity index (χ3v) is 2.78. The van der Waals surface area contributed by atoms with E-state index in [-0.39, 0.29) is 29.4 Å². The van der Waals surface area contributed by atoms with Gasteiger partial charge in [-0.3, -0.25) is 0 Å². The summed E-state index contributed by atoms with van der Waals surface area (Å²) in [4.78, 5) is 15.9. The maximum absolute atomic E-state index is 11.7. The van der Waals surface area contributed by atoms with Crippen LogP contribution >= 0.6 is 0 Å². The number of hydrogen-bond acceptors (Lipinski definition) is 5. The summed E-state index contributed by atoms with van der Waals surface area (Å²) >= 11 is 0. The van der Waals surface area contributed by atoms with E-state index in [1.54, 1.807) is 38.1 Å². The van der Waals surface area contributed by atoms with Gasteiger partial charge < -0.3 is 14.9 Å². The van der Waals surface area contributed by atoms with Crippen LogP contribution in [0.5, 0.6) is 5.75 Å². The van der Waals surface area contributed by atoms with Gasteiger partial charge in [0.1, 0.15) is 17.0 Å². The predicted molar refractivity (Wildman–Crippen MR) is 75.5 cm³/mol. The van der Waals surface area contributed by atoms with Gasteiger partial charge in [0.25, 0.3) is 0 Å². The molecule has 0 aromatic heterocycles. The molecule has 20 heavy (non-hydrogen) atoms. The number of ether oxygens (including phenoxy) is 1. The third kappa shape index (κ3) is 2.71. The van der Waals surface area contributed by atoms with Crippen LogP contribution in [0.25, 0.3) is 6.08 Å². The highest BCUT2D eigenvalue weighted by molar-refractivity contribution is 6.22. The molecule has 2 rings (SSSR count). The molecule has 0 bridgehead atoms. The van der Waals surface area contributed by atoms with Crippen molar-refractivity contribution in [3.05, 3.63) is 46.9 Å². The minimum absolute atomic E-state index is 0.0817. The quantitative estimate of drug-likeness (QED) is 0.829. The van der Waals surface area contributed by atoms with Crippen molar-refractivity contribution in [2.24, 2.45) is 4.99 Å². The van der Waals surface area contributed by atoms with Crippen LogP contribution in [0.4, 0.5) is 0 Å². The van der Waals surface area contributed by atoms with Crippen LogP contribution in [0, 0.1) is 0 Å². The van der Waals surface area contributed by atoms with Gasteiger partial charge in [0.2, 0.25) is 0 Å². The number of phenols is 1. The van der Waals surface area contributed by atoms with E-state index in [1.807, 2.05) is 0 Å². The SMILES string of the molecule is CCOC(=O)C1=C(O)/C(=C/c2cccc(O)c2)N=C1C. The molecule has 1 aromatic carbocycles. The van der Waals surface area contributed by atoms with E-state index >= 15 is 0 Å². The Kier molecular flexibility index (Phi) is 3.89. The molecule has 104 valence electrons. The zero-order chi connectivity index (χ0) is 14.7.